The molecule has 0 saturated heterocycles. The van der Waals surface area contributed by atoms with Gasteiger partial charge in [0.2, 0.25) is 0 Å². The quantitative estimate of drug-likeness (QED) is 0.799. The lowest BCUT2D eigenvalue weighted by atomic mass is 10.1. The molecule has 3 aromatic rings. The number of hydrogen-bond acceptors (Lipinski definition) is 4. The number of nitrogens with zero attached hydrogens (tertiary/aromatic N) is 2. The average molecular weight is 291 g/mol. The van der Waals surface area contributed by atoms with Gasteiger partial charge in [0.15, 0.2) is 0 Å². The molecule has 110 valence electrons. The van der Waals surface area contributed by atoms with E-state index < -0.39 is 0 Å². The van der Waals surface area contributed by atoms with Crippen LogP contribution in [-0.2, 0) is 0 Å². The number of ether oxygens (including phenoxy) is 1. The van der Waals surface area contributed by atoms with E-state index in [1.807, 2.05) is 36.4 Å². The van der Waals surface area contributed by atoms with Crippen molar-refractivity contribution in [3.8, 4) is 28.3 Å². The summed E-state index contributed by atoms with van der Waals surface area (Å²) in [4.78, 5) is 8.95. The molecule has 0 spiro atoms. The van der Waals surface area contributed by atoms with E-state index in [2.05, 4.69) is 29.0 Å². The number of nitrogen functional groups attached to an aromatic ring is 1. The van der Waals surface area contributed by atoms with E-state index in [4.69, 9.17) is 10.5 Å². The molecule has 0 aliphatic rings. The second kappa shape index (κ2) is 5.85. The van der Waals surface area contributed by atoms with Crippen molar-refractivity contribution >= 4 is 5.82 Å². The molecule has 3 rings (SSSR count). The molecule has 0 atom stereocenters. The number of rotatable bonds is 3. The first kappa shape index (κ1) is 14.1. The number of hydrogen-bond donors (Lipinski definition) is 1. The van der Waals surface area contributed by atoms with Crippen molar-refractivity contribution in [3.63, 3.8) is 0 Å². The van der Waals surface area contributed by atoms with E-state index in [1.54, 1.807) is 13.3 Å². The smallest absolute Gasteiger partial charge is 0.150 e. The zero-order valence-corrected chi connectivity index (χ0v) is 12.6. The van der Waals surface area contributed by atoms with E-state index in [1.165, 1.54) is 5.56 Å². The van der Waals surface area contributed by atoms with Crippen LogP contribution < -0.4 is 10.5 Å². The van der Waals surface area contributed by atoms with Crippen LogP contribution >= 0.6 is 0 Å². The van der Waals surface area contributed by atoms with E-state index in [9.17, 15) is 0 Å². The average Bonchev–Trinajstić information content (AvgIpc) is 2.56. The Labute approximate surface area is 129 Å². The Hall–Kier alpha value is -2.88. The highest BCUT2D eigenvalue weighted by atomic mass is 16.5. The second-order valence-corrected chi connectivity index (χ2v) is 5.08. The maximum absolute atomic E-state index is 5.99. The Morgan fingerprint density at radius 3 is 2.18 bits per heavy atom. The number of aromatic nitrogens is 2. The fourth-order valence-electron chi connectivity index (χ4n) is 2.22. The van der Waals surface area contributed by atoms with Gasteiger partial charge in [-0.05, 0) is 31.2 Å². The van der Waals surface area contributed by atoms with Crippen molar-refractivity contribution in [2.75, 3.05) is 12.8 Å². The zero-order chi connectivity index (χ0) is 15.5. The Kier molecular flexibility index (Phi) is 3.74. The summed E-state index contributed by atoms with van der Waals surface area (Å²) in [7, 11) is 1.64. The zero-order valence-electron chi connectivity index (χ0n) is 12.6. The molecule has 0 bridgehead atoms. The Balaban J connectivity index is 2.04. The third-order valence-corrected chi connectivity index (χ3v) is 3.51. The van der Waals surface area contributed by atoms with Gasteiger partial charge in [-0.15, -0.1) is 0 Å². The molecular formula is C18H17N3O. The van der Waals surface area contributed by atoms with Crippen molar-refractivity contribution in [1.29, 1.82) is 0 Å². The molecule has 0 unspecified atom stereocenters. The molecule has 4 heteroatoms. The summed E-state index contributed by atoms with van der Waals surface area (Å²) in [5.41, 5.74) is 10.6. The van der Waals surface area contributed by atoms with Crippen LogP contribution in [0, 0.1) is 6.92 Å². The van der Waals surface area contributed by atoms with Gasteiger partial charge in [0, 0.05) is 11.1 Å². The number of anilines is 1. The summed E-state index contributed by atoms with van der Waals surface area (Å²) >= 11 is 0. The van der Waals surface area contributed by atoms with Crippen LogP contribution in [-0.4, -0.2) is 17.1 Å². The first-order valence-corrected chi connectivity index (χ1v) is 7.01. The van der Waals surface area contributed by atoms with Gasteiger partial charge < -0.3 is 10.5 Å². The minimum Gasteiger partial charge on any atom is -0.497 e. The molecule has 0 saturated carbocycles. The molecule has 22 heavy (non-hydrogen) atoms. The molecule has 1 aromatic heterocycles. The van der Waals surface area contributed by atoms with Gasteiger partial charge in [0.1, 0.15) is 17.3 Å². The maximum Gasteiger partial charge on any atom is 0.150 e. The van der Waals surface area contributed by atoms with Gasteiger partial charge >= 0.3 is 0 Å². The summed E-state index contributed by atoms with van der Waals surface area (Å²) in [6.45, 7) is 2.06. The molecule has 0 fully saturated rings. The molecule has 2 N–H and O–H groups in total. The number of methoxy groups -OCH3 is 1. The summed E-state index contributed by atoms with van der Waals surface area (Å²) in [5.74, 6) is 1.21. The Bertz CT molecular complexity index is 780. The highest BCUT2D eigenvalue weighted by molar-refractivity contribution is 5.73. The highest BCUT2D eigenvalue weighted by Crippen LogP contribution is 2.27. The van der Waals surface area contributed by atoms with E-state index in [0.717, 1.165) is 22.6 Å². The van der Waals surface area contributed by atoms with Crippen molar-refractivity contribution in [1.82, 2.24) is 9.97 Å². The summed E-state index contributed by atoms with van der Waals surface area (Å²) in [6.07, 6.45) is 1.70. The Morgan fingerprint density at radius 1 is 0.909 bits per heavy atom. The van der Waals surface area contributed by atoms with Crippen molar-refractivity contribution in [2.24, 2.45) is 0 Å². The van der Waals surface area contributed by atoms with Crippen molar-refractivity contribution in [2.45, 2.75) is 6.92 Å². The third kappa shape index (κ3) is 2.76. The fraction of sp³-hybridized carbons (Fsp3) is 0.111. The molecule has 0 aliphatic carbocycles. The van der Waals surface area contributed by atoms with Crippen LogP contribution in [0.3, 0.4) is 0 Å². The lowest BCUT2D eigenvalue weighted by Crippen LogP contribution is -1.99. The predicted molar refractivity (Wildman–Crippen MR) is 88.6 cm³/mol. The van der Waals surface area contributed by atoms with E-state index in [-0.39, 0.29) is 0 Å². The topological polar surface area (TPSA) is 61.0 Å². The monoisotopic (exact) mass is 291 g/mol. The van der Waals surface area contributed by atoms with Gasteiger partial charge in [0.25, 0.3) is 0 Å². The first-order chi connectivity index (χ1) is 10.7. The van der Waals surface area contributed by atoms with Crippen molar-refractivity contribution in [3.05, 3.63) is 60.3 Å². The van der Waals surface area contributed by atoms with E-state index in [0.29, 0.717) is 11.5 Å². The lowest BCUT2D eigenvalue weighted by Gasteiger charge is -2.08. The fourth-order valence-corrected chi connectivity index (χ4v) is 2.22. The summed E-state index contributed by atoms with van der Waals surface area (Å²) in [5, 5.41) is 0. The highest BCUT2D eigenvalue weighted by Gasteiger charge is 2.09. The molecule has 1 heterocycles. The molecule has 2 aromatic carbocycles. The largest absolute Gasteiger partial charge is 0.497 e. The van der Waals surface area contributed by atoms with Crippen LogP contribution in [0.15, 0.2) is 54.7 Å². The van der Waals surface area contributed by atoms with E-state index >= 15 is 0 Å². The minimum absolute atomic E-state index is 0.418. The van der Waals surface area contributed by atoms with Gasteiger partial charge in [-0.25, -0.2) is 9.97 Å². The van der Waals surface area contributed by atoms with Crippen LogP contribution in [0.4, 0.5) is 5.82 Å². The van der Waals surface area contributed by atoms with Gasteiger partial charge in [0.05, 0.1) is 19.0 Å². The predicted octanol–water partition coefficient (Wildman–Crippen LogP) is 3.71. The number of aryl methyl sites for hydroxylation is 1. The summed E-state index contributed by atoms with van der Waals surface area (Å²) in [6, 6.07) is 15.8. The molecule has 4 nitrogen and oxygen atoms in total. The van der Waals surface area contributed by atoms with Crippen LogP contribution in [0.5, 0.6) is 5.75 Å². The molecular weight excluding hydrogens is 274 g/mol. The van der Waals surface area contributed by atoms with Gasteiger partial charge in [-0.1, -0.05) is 29.8 Å². The van der Waals surface area contributed by atoms with Crippen LogP contribution in [0.2, 0.25) is 0 Å². The first-order valence-electron chi connectivity index (χ1n) is 7.01. The SMILES string of the molecule is COc1ccc(-c2nc(-c3ccc(C)cc3)cnc2N)cc1. The number of benzene rings is 2. The molecule has 0 aliphatic heterocycles. The lowest BCUT2D eigenvalue weighted by molar-refractivity contribution is 0.415. The minimum atomic E-state index is 0.418. The maximum atomic E-state index is 5.99. The van der Waals surface area contributed by atoms with Gasteiger partial charge in [-0.3, -0.25) is 0 Å². The second-order valence-electron chi connectivity index (χ2n) is 5.08. The normalized spacial score (nSPS) is 10.5. The molecule has 0 amide bonds. The third-order valence-electron chi connectivity index (χ3n) is 3.51. The molecule has 0 radical (unpaired) electrons. The van der Waals surface area contributed by atoms with Gasteiger partial charge in [-0.2, -0.15) is 0 Å². The van der Waals surface area contributed by atoms with Crippen LogP contribution in [0.25, 0.3) is 22.5 Å². The Morgan fingerprint density at radius 2 is 1.55 bits per heavy atom. The summed E-state index contributed by atoms with van der Waals surface area (Å²) < 4.78 is 5.17. The standard InChI is InChI=1S/C18H17N3O/c1-12-3-5-13(6-4-12)16-11-20-18(19)17(21-16)14-7-9-15(22-2)10-8-14/h3-11H,1-2H3,(H2,19,20). The number of nitrogens with two attached hydrogens (primary N) is 1. The van der Waals surface area contributed by atoms with Crippen molar-refractivity contribution < 1.29 is 4.74 Å². The van der Waals surface area contributed by atoms with Crippen LogP contribution in [0.1, 0.15) is 5.56 Å².